The van der Waals surface area contributed by atoms with Crippen molar-refractivity contribution in [2.75, 3.05) is 5.83 Å². The van der Waals surface area contributed by atoms with E-state index >= 15 is 0 Å². The second-order valence-electron chi connectivity index (χ2n) is 0.429. The fraction of sp³-hybridized carbons (Fsp3) is 1.00. The van der Waals surface area contributed by atoms with Crippen LogP contribution in [0.3, 0.4) is 0 Å². The quantitative estimate of drug-likeness (QED) is 0.575. The lowest BCUT2D eigenvalue weighted by Crippen LogP contribution is -1.81. The molecule has 5 heteroatoms. The van der Waals surface area contributed by atoms with E-state index in [4.69, 9.17) is 46.4 Å². The van der Waals surface area contributed by atoms with Crippen LogP contribution in [0.1, 0.15) is 0 Å². The van der Waals surface area contributed by atoms with Crippen molar-refractivity contribution in [2.24, 2.45) is 0 Å². The van der Waals surface area contributed by atoms with Crippen LogP contribution in [-0.2, 0) is 0 Å². The maximum absolute atomic E-state index is 4.83. The highest BCUT2D eigenvalue weighted by atomic mass is 79.9. The molecule has 0 heterocycles. The molecular formula is C2H3BrCl4. The largest absolute Gasteiger partial charge is 0.266 e. The first-order chi connectivity index (χ1) is 3.00. The first kappa shape index (κ1) is 11.4. The Morgan fingerprint density at radius 1 is 1.00 bits per heavy atom. The summed E-state index contributed by atoms with van der Waals surface area (Å²) in [5, 5.41) is 0. The third-order valence-electron chi connectivity index (χ3n) is 0. The molecule has 0 aliphatic carbocycles. The van der Waals surface area contributed by atoms with Crippen LogP contribution in [-0.4, -0.2) is 9.08 Å². The van der Waals surface area contributed by atoms with Crippen molar-refractivity contribution in [3.05, 3.63) is 0 Å². The molecule has 0 aliphatic heterocycles. The van der Waals surface area contributed by atoms with Crippen LogP contribution in [0, 0.1) is 0 Å². The van der Waals surface area contributed by atoms with E-state index in [1.165, 1.54) is 0 Å². The number of halogens is 5. The topological polar surface area (TPSA) is 0 Å². The minimum atomic E-state index is -1.61. The van der Waals surface area contributed by atoms with Crippen molar-refractivity contribution in [1.29, 1.82) is 0 Å². The number of hydrogen-bond donors (Lipinski definition) is 0. The molecule has 0 atom stereocenters. The number of rotatable bonds is 0. The first-order valence-corrected chi connectivity index (χ1v) is 4.23. The van der Waals surface area contributed by atoms with Crippen molar-refractivity contribution in [3.63, 3.8) is 0 Å². The molecule has 46 valence electrons. The molecule has 0 saturated heterocycles. The Balaban J connectivity index is 0. The third-order valence-corrected chi connectivity index (χ3v) is 0. The van der Waals surface area contributed by atoms with Crippen LogP contribution >= 0.6 is 62.3 Å². The summed E-state index contributed by atoms with van der Waals surface area (Å²) in [6.07, 6.45) is 0. The van der Waals surface area contributed by atoms with E-state index in [-0.39, 0.29) is 0 Å². The van der Waals surface area contributed by atoms with E-state index in [9.17, 15) is 0 Å². The van der Waals surface area contributed by atoms with Crippen molar-refractivity contribution < 1.29 is 0 Å². The van der Waals surface area contributed by atoms with Gasteiger partial charge in [0.05, 0.1) is 0 Å². The molecule has 0 aliphatic rings. The Kier molecular flexibility index (Phi) is 9.43. The molecule has 7 heavy (non-hydrogen) atoms. The van der Waals surface area contributed by atoms with Gasteiger partial charge in [-0.25, -0.2) is 0 Å². The average Bonchev–Trinajstić information content (AvgIpc) is 1.36. The Hall–Kier alpha value is 1.64. The second-order valence-corrected chi connectivity index (χ2v) is 3.86. The van der Waals surface area contributed by atoms with Gasteiger partial charge >= 0.3 is 0 Å². The van der Waals surface area contributed by atoms with E-state index in [0.29, 0.717) is 0 Å². The fourth-order valence-electron chi connectivity index (χ4n) is 0. The normalized spacial score (nSPS) is 9.43. The summed E-state index contributed by atoms with van der Waals surface area (Å²) >= 11 is 22.2. The standard InChI is InChI=1S/CH3Br.CCl4/c1-2;2-1(3,4)5/h1H3;. The van der Waals surface area contributed by atoms with Crippen LogP contribution in [0.5, 0.6) is 0 Å². The van der Waals surface area contributed by atoms with Gasteiger partial charge in [0, 0.05) is 0 Å². The third kappa shape index (κ3) is 90.4. The molecule has 0 unspecified atom stereocenters. The van der Waals surface area contributed by atoms with Gasteiger partial charge in [-0.3, -0.25) is 0 Å². The summed E-state index contributed by atoms with van der Waals surface area (Å²) in [4.78, 5) is 0. The molecule has 0 bridgehead atoms. The van der Waals surface area contributed by atoms with Crippen LogP contribution < -0.4 is 0 Å². The first-order valence-electron chi connectivity index (χ1n) is 1.13. The lowest BCUT2D eigenvalue weighted by molar-refractivity contribution is 1.76. The van der Waals surface area contributed by atoms with Crippen LogP contribution in [0.2, 0.25) is 0 Å². The molecular weight excluding hydrogens is 246 g/mol. The van der Waals surface area contributed by atoms with Crippen molar-refractivity contribution in [2.45, 2.75) is 3.25 Å². The van der Waals surface area contributed by atoms with Gasteiger partial charge in [0.1, 0.15) is 0 Å². The van der Waals surface area contributed by atoms with Gasteiger partial charge in [-0.1, -0.05) is 62.3 Å². The molecule has 0 saturated carbocycles. The fourth-order valence-corrected chi connectivity index (χ4v) is 0. The Labute approximate surface area is 71.2 Å². The smallest absolute Gasteiger partial charge is 0.0966 e. The van der Waals surface area contributed by atoms with Gasteiger partial charge in [0.15, 0.2) is 0 Å². The molecule has 0 amide bonds. The summed E-state index contributed by atoms with van der Waals surface area (Å²) in [6.45, 7) is 0. The molecule has 0 fully saturated rings. The highest BCUT2D eigenvalue weighted by Gasteiger charge is 2.11. The Morgan fingerprint density at radius 2 is 1.00 bits per heavy atom. The monoisotopic (exact) mass is 246 g/mol. The highest BCUT2D eigenvalue weighted by Crippen LogP contribution is 2.29. The summed E-state index contributed by atoms with van der Waals surface area (Å²) in [6, 6.07) is 0. The maximum Gasteiger partial charge on any atom is 0.266 e. The minimum Gasteiger partial charge on any atom is -0.0966 e. The van der Waals surface area contributed by atoms with Crippen LogP contribution in [0.4, 0.5) is 0 Å². The highest BCUT2D eigenvalue weighted by molar-refractivity contribution is 9.08. The van der Waals surface area contributed by atoms with Gasteiger partial charge in [0.25, 0.3) is 3.25 Å². The lowest BCUT2D eigenvalue weighted by atomic mass is 11.8. The molecule has 0 spiro atoms. The van der Waals surface area contributed by atoms with E-state index in [1.807, 2.05) is 5.83 Å². The van der Waals surface area contributed by atoms with Crippen molar-refractivity contribution >= 4 is 62.3 Å². The van der Waals surface area contributed by atoms with Gasteiger partial charge < -0.3 is 0 Å². The Morgan fingerprint density at radius 3 is 1.00 bits per heavy atom. The molecule has 0 aromatic carbocycles. The maximum atomic E-state index is 4.83. The molecule has 0 aromatic heterocycles. The molecule has 0 aromatic rings. The van der Waals surface area contributed by atoms with Crippen LogP contribution in [0.25, 0.3) is 0 Å². The van der Waals surface area contributed by atoms with Crippen molar-refractivity contribution in [1.82, 2.24) is 0 Å². The zero-order valence-electron chi connectivity index (χ0n) is 3.39. The summed E-state index contributed by atoms with van der Waals surface area (Å²) in [7, 11) is 0. The molecule has 0 N–H and O–H groups in total. The van der Waals surface area contributed by atoms with E-state index in [1.54, 1.807) is 0 Å². The van der Waals surface area contributed by atoms with Gasteiger partial charge in [-0.15, -0.1) is 0 Å². The Bertz CT molecular complexity index is 25.2. The van der Waals surface area contributed by atoms with E-state index in [2.05, 4.69) is 15.9 Å². The van der Waals surface area contributed by atoms with Gasteiger partial charge in [-0.05, 0) is 5.83 Å². The molecule has 0 rings (SSSR count). The molecule has 0 nitrogen and oxygen atoms in total. The zero-order chi connectivity index (χ0) is 6.50. The second kappa shape index (κ2) is 5.77. The summed E-state index contributed by atoms with van der Waals surface area (Å²) in [5.41, 5.74) is 0. The SMILES string of the molecule is CBr.ClC(Cl)(Cl)Cl. The van der Waals surface area contributed by atoms with E-state index < -0.39 is 3.25 Å². The number of hydrogen-bond acceptors (Lipinski definition) is 0. The predicted octanol–water partition coefficient (Wildman–Crippen LogP) is 3.56. The zero-order valence-corrected chi connectivity index (χ0v) is 8.00. The van der Waals surface area contributed by atoms with Crippen molar-refractivity contribution in [3.8, 4) is 0 Å². The van der Waals surface area contributed by atoms with Gasteiger partial charge in [0.2, 0.25) is 0 Å². The molecule has 0 radical (unpaired) electrons. The predicted molar refractivity (Wildman–Crippen MR) is 41.0 cm³/mol. The minimum absolute atomic E-state index is 1.61. The van der Waals surface area contributed by atoms with Gasteiger partial charge in [-0.2, -0.15) is 0 Å². The average molecular weight is 249 g/mol. The lowest BCUT2D eigenvalue weighted by Gasteiger charge is -1.91. The van der Waals surface area contributed by atoms with E-state index in [0.717, 1.165) is 0 Å². The number of alkyl halides is 5. The summed E-state index contributed by atoms with van der Waals surface area (Å²) in [5.74, 6) is 1.81. The summed E-state index contributed by atoms with van der Waals surface area (Å²) < 4.78 is -1.61. The van der Waals surface area contributed by atoms with Crippen LogP contribution in [0.15, 0.2) is 0 Å².